The second kappa shape index (κ2) is 4.06. The van der Waals surface area contributed by atoms with Crippen LogP contribution in [0.15, 0.2) is 24.3 Å². The highest BCUT2D eigenvalue weighted by atomic mass is 19.1. The van der Waals surface area contributed by atoms with Crippen molar-refractivity contribution in [1.29, 1.82) is 0 Å². The highest BCUT2D eigenvalue weighted by molar-refractivity contribution is 6.49. The lowest BCUT2D eigenvalue weighted by Gasteiger charge is -2.32. The van der Waals surface area contributed by atoms with Crippen molar-refractivity contribution in [3.63, 3.8) is 0 Å². The number of halogens is 1. The van der Waals surface area contributed by atoms with E-state index >= 15 is 0 Å². The first kappa shape index (κ1) is 13.1. The largest absolute Gasteiger partial charge is 0.461 e. The van der Waals surface area contributed by atoms with Gasteiger partial charge in [0.05, 0.1) is 11.2 Å². The average Bonchev–Trinajstić information content (AvgIpc) is 3.03. The molecule has 0 spiro atoms. The Morgan fingerprint density at radius 2 is 1.79 bits per heavy atom. The SMILES string of the molecule is CC1(C)OB([C@@H]2C[C@H]2c2cccc(F)c2)OC1(C)C. The standard InChI is InChI=1S/C15H20BFO2/c1-14(2)15(3,4)19-16(18-14)13-9-12(13)10-6-5-7-11(17)8-10/h5-8,12-13H,9H2,1-4H3/t12-,13+/m0/s1. The van der Waals surface area contributed by atoms with Gasteiger partial charge in [0.2, 0.25) is 0 Å². The lowest BCUT2D eigenvalue weighted by Crippen LogP contribution is -2.41. The van der Waals surface area contributed by atoms with Gasteiger partial charge in [-0.15, -0.1) is 0 Å². The van der Waals surface area contributed by atoms with Crippen LogP contribution >= 0.6 is 0 Å². The first-order chi connectivity index (χ1) is 8.80. The van der Waals surface area contributed by atoms with Crippen LogP contribution in [0.4, 0.5) is 4.39 Å². The van der Waals surface area contributed by atoms with Crippen LogP contribution in [-0.4, -0.2) is 18.3 Å². The van der Waals surface area contributed by atoms with Crippen molar-refractivity contribution in [2.75, 3.05) is 0 Å². The van der Waals surface area contributed by atoms with Crippen molar-refractivity contribution in [1.82, 2.24) is 0 Å². The Morgan fingerprint density at radius 1 is 1.16 bits per heavy atom. The fourth-order valence-electron chi connectivity index (χ4n) is 2.70. The topological polar surface area (TPSA) is 18.5 Å². The molecule has 1 heterocycles. The van der Waals surface area contributed by atoms with E-state index in [-0.39, 0.29) is 24.1 Å². The van der Waals surface area contributed by atoms with Crippen LogP contribution in [-0.2, 0) is 9.31 Å². The van der Waals surface area contributed by atoms with E-state index in [0.29, 0.717) is 11.7 Å². The van der Waals surface area contributed by atoms with Gasteiger partial charge in [-0.25, -0.2) is 4.39 Å². The molecule has 1 saturated heterocycles. The van der Waals surface area contributed by atoms with Crippen molar-refractivity contribution in [2.24, 2.45) is 0 Å². The zero-order valence-corrected chi connectivity index (χ0v) is 11.9. The molecule has 1 aliphatic carbocycles. The molecular weight excluding hydrogens is 242 g/mol. The quantitative estimate of drug-likeness (QED) is 0.755. The summed E-state index contributed by atoms with van der Waals surface area (Å²) >= 11 is 0. The molecule has 0 radical (unpaired) electrons. The Morgan fingerprint density at radius 3 is 2.37 bits per heavy atom. The summed E-state index contributed by atoms with van der Waals surface area (Å²) in [5.41, 5.74) is 0.485. The number of hydrogen-bond donors (Lipinski definition) is 0. The van der Waals surface area contributed by atoms with Gasteiger partial charge in [-0.05, 0) is 57.7 Å². The first-order valence-corrected chi connectivity index (χ1v) is 6.91. The minimum Gasteiger partial charge on any atom is -0.403 e. The number of rotatable bonds is 2. The molecule has 2 aliphatic rings. The van der Waals surface area contributed by atoms with Crippen LogP contribution in [0.3, 0.4) is 0 Å². The predicted molar refractivity (Wildman–Crippen MR) is 73.6 cm³/mol. The predicted octanol–water partition coefficient (Wildman–Crippen LogP) is 3.78. The Bertz CT molecular complexity index is 485. The van der Waals surface area contributed by atoms with Gasteiger partial charge in [-0.3, -0.25) is 0 Å². The second-order valence-corrected chi connectivity index (χ2v) is 6.69. The van der Waals surface area contributed by atoms with Gasteiger partial charge in [-0.2, -0.15) is 0 Å². The summed E-state index contributed by atoms with van der Waals surface area (Å²) in [7, 11) is -0.168. The molecule has 1 aromatic carbocycles. The van der Waals surface area contributed by atoms with Crippen LogP contribution in [0, 0.1) is 5.82 Å². The maximum Gasteiger partial charge on any atom is 0.461 e. The molecule has 19 heavy (non-hydrogen) atoms. The number of hydrogen-bond acceptors (Lipinski definition) is 2. The van der Waals surface area contributed by atoms with Crippen LogP contribution in [0.25, 0.3) is 0 Å². The summed E-state index contributed by atoms with van der Waals surface area (Å²) in [6, 6.07) is 6.86. The van der Waals surface area contributed by atoms with Gasteiger partial charge in [0.1, 0.15) is 5.82 Å². The zero-order valence-electron chi connectivity index (χ0n) is 11.9. The Hall–Kier alpha value is -0.865. The van der Waals surface area contributed by atoms with Crippen molar-refractivity contribution in [2.45, 2.75) is 57.1 Å². The zero-order chi connectivity index (χ0) is 13.8. The smallest absolute Gasteiger partial charge is 0.403 e. The Balaban J connectivity index is 1.72. The lowest BCUT2D eigenvalue weighted by molar-refractivity contribution is 0.00578. The van der Waals surface area contributed by atoms with E-state index in [1.54, 1.807) is 12.1 Å². The summed E-state index contributed by atoms with van der Waals surface area (Å²) in [5, 5.41) is 0. The minimum atomic E-state index is -0.285. The molecule has 1 saturated carbocycles. The third kappa shape index (κ3) is 2.21. The third-order valence-electron chi connectivity index (χ3n) is 4.74. The van der Waals surface area contributed by atoms with E-state index in [1.807, 2.05) is 6.07 Å². The third-order valence-corrected chi connectivity index (χ3v) is 4.74. The van der Waals surface area contributed by atoms with E-state index in [1.165, 1.54) is 6.07 Å². The van der Waals surface area contributed by atoms with Crippen LogP contribution < -0.4 is 0 Å². The molecule has 4 heteroatoms. The summed E-state index contributed by atoms with van der Waals surface area (Å²) in [6.45, 7) is 8.25. The number of benzene rings is 1. The maximum atomic E-state index is 13.2. The lowest BCUT2D eigenvalue weighted by atomic mass is 9.79. The molecule has 2 atom stereocenters. The van der Waals surface area contributed by atoms with Crippen LogP contribution in [0.5, 0.6) is 0 Å². The Kier molecular flexibility index (Phi) is 2.81. The molecule has 2 nitrogen and oxygen atoms in total. The van der Waals surface area contributed by atoms with Gasteiger partial charge in [0.15, 0.2) is 0 Å². The molecule has 3 rings (SSSR count). The van der Waals surface area contributed by atoms with Gasteiger partial charge < -0.3 is 9.31 Å². The molecular formula is C15H20BFO2. The van der Waals surface area contributed by atoms with E-state index in [4.69, 9.17) is 9.31 Å². The van der Waals surface area contributed by atoms with Gasteiger partial charge >= 0.3 is 7.12 Å². The highest BCUT2D eigenvalue weighted by Crippen LogP contribution is 2.58. The molecule has 102 valence electrons. The molecule has 2 fully saturated rings. The van der Waals surface area contributed by atoms with Crippen molar-refractivity contribution < 1.29 is 13.7 Å². The second-order valence-electron chi connectivity index (χ2n) is 6.69. The molecule has 0 unspecified atom stereocenters. The monoisotopic (exact) mass is 262 g/mol. The first-order valence-electron chi connectivity index (χ1n) is 6.91. The van der Waals surface area contributed by atoms with Crippen LogP contribution in [0.2, 0.25) is 5.82 Å². The highest BCUT2D eigenvalue weighted by Gasteiger charge is 2.59. The van der Waals surface area contributed by atoms with E-state index in [2.05, 4.69) is 27.7 Å². The van der Waals surface area contributed by atoms with Crippen molar-refractivity contribution >= 4 is 7.12 Å². The van der Waals surface area contributed by atoms with Gasteiger partial charge in [-0.1, -0.05) is 12.1 Å². The van der Waals surface area contributed by atoms with Crippen molar-refractivity contribution in [3.8, 4) is 0 Å². The maximum absolute atomic E-state index is 13.2. The van der Waals surface area contributed by atoms with E-state index in [9.17, 15) is 4.39 Å². The normalized spacial score (nSPS) is 31.5. The van der Waals surface area contributed by atoms with Crippen molar-refractivity contribution in [3.05, 3.63) is 35.6 Å². The molecule has 0 aromatic heterocycles. The summed E-state index contributed by atoms with van der Waals surface area (Å²) in [4.78, 5) is 0. The molecule has 0 N–H and O–H groups in total. The van der Waals surface area contributed by atoms with E-state index < -0.39 is 0 Å². The minimum absolute atomic E-state index is 0.168. The Labute approximate surface area is 114 Å². The van der Waals surface area contributed by atoms with Crippen LogP contribution in [0.1, 0.15) is 45.6 Å². The molecule has 0 bridgehead atoms. The van der Waals surface area contributed by atoms with Gasteiger partial charge in [0, 0.05) is 5.82 Å². The molecule has 1 aliphatic heterocycles. The fourth-order valence-corrected chi connectivity index (χ4v) is 2.70. The molecule has 0 amide bonds. The fraction of sp³-hybridized carbons (Fsp3) is 0.600. The summed E-state index contributed by atoms with van der Waals surface area (Å²) in [5.74, 6) is 0.547. The van der Waals surface area contributed by atoms with E-state index in [0.717, 1.165) is 12.0 Å². The molecule has 1 aromatic rings. The van der Waals surface area contributed by atoms with Gasteiger partial charge in [0.25, 0.3) is 0 Å². The average molecular weight is 262 g/mol. The summed E-state index contributed by atoms with van der Waals surface area (Å²) in [6.07, 6.45) is 1.01. The summed E-state index contributed by atoms with van der Waals surface area (Å²) < 4.78 is 25.4.